The number of rotatable bonds is 4. The molecule has 2 N–H and O–H groups in total. The number of aliphatic carboxylic acids is 1. The van der Waals surface area contributed by atoms with Crippen molar-refractivity contribution in [3.63, 3.8) is 0 Å². The highest BCUT2D eigenvalue weighted by Gasteiger charge is 2.08. The van der Waals surface area contributed by atoms with Crippen molar-refractivity contribution in [3.8, 4) is 0 Å². The molecule has 0 spiro atoms. The molecule has 1 aromatic carbocycles. The van der Waals surface area contributed by atoms with Gasteiger partial charge in [-0.3, -0.25) is 9.89 Å². The molecule has 0 saturated heterocycles. The van der Waals surface area contributed by atoms with Crippen molar-refractivity contribution in [3.05, 3.63) is 29.5 Å². The number of hydrogen-bond acceptors (Lipinski definition) is 2. The lowest BCUT2D eigenvalue weighted by atomic mass is 10.0. The summed E-state index contributed by atoms with van der Waals surface area (Å²) in [6.45, 7) is 2.07. The van der Waals surface area contributed by atoms with E-state index < -0.39 is 5.97 Å². The van der Waals surface area contributed by atoms with Crippen molar-refractivity contribution in [2.24, 2.45) is 0 Å². The third-order valence-corrected chi connectivity index (χ3v) is 2.71. The molecule has 0 aliphatic rings. The second-order valence-electron chi connectivity index (χ2n) is 3.76. The van der Waals surface area contributed by atoms with Gasteiger partial charge in [-0.25, -0.2) is 0 Å². The van der Waals surface area contributed by atoms with E-state index in [0.717, 1.165) is 28.6 Å². The van der Waals surface area contributed by atoms with Gasteiger partial charge in [-0.1, -0.05) is 25.1 Å². The number of carboxylic acids is 1. The predicted octanol–water partition coefficient (Wildman–Crippen LogP) is 2.14. The SMILES string of the molecule is CCc1[nH]nc2c(CCC(=O)O)cccc12. The number of para-hydroxylation sites is 1. The first-order valence-corrected chi connectivity index (χ1v) is 5.39. The Labute approximate surface area is 93.3 Å². The van der Waals surface area contributed by atoms with Crippen LogP contribution in [-0.4, -0.2) is 21.3 Å². The Kier molecular flexibility index (Phi) is 2.90. The molecule has 4 heteroatoms. The molecule has 0 radical (unpaired) electrons. The smallest absolute Gasteiger partial charge is 0.303 e. The highest BCUT2D eigenvalue weighted by atomic mass is 16.4. The van der Waals surface area contributed by atoms with Gasteiger partial charge in [0.2, 0.25) is 0 Å². The number of carboxylic acid groups (broad SMARTS) is 1. The van der Waals surface area contributed by atoms with E-state index in [-0.39, 0.29) is 6.42 Å². The average Bonchev–Trinajstić information content (AvgIpc) is 2.69. The molecule has 0 unspecified atom stereocenters. The number of aromatic amines is 1. The lowest BCUT2D eigenvalue weighted by molar-refractivity contribution is -0.136. The lowest BCUT2D eigenvalue weighted by Gasteiger charge is -2.00. The summed E-state index contributed by atoms with van der Waals surface area (Å²) in [5.41, 5.74) is 3.00. The Morgan fingerprint density at radius 1 is 1.50 bits per heavy atom. The number of carbonyl (C=O) groups is 1. The number of nitrogens with zero attached hydrogens (tertiary/aromatic N) is 1. The van der Waals surface area contributed by atoms with Gasteiger partial charge in [-0.05, 0) is 18.4 Å². The van der Waals surface area contributed by atoms with Gasteiger partial charge in [0.1, 0.15) is 0 Å². The van der Waals surface area contributed by atoms with Crippen LogP contribution in [0.1, 0.15) is 24.6 Å². The molecule has 1 aromatic heterocycles. The minimum Gasteiger partial charge on any atom is -0.481 e. The zero-order chi connectivity index (χ0) is 11.5. The summed E-state index contributed by atoms with van der Waals surface area (Å²) in [5.74, 6) is -0.775. The molecule has 0 aliphatic heterocycles. The number of H-pyrrole nitrogens is 1. The summed E-state index contributed by atoms with van der Waals surface area (Å²) in [6.07, 6.45) is 1.58. The summed E-state index contributed by atoms with van der Waals surface area (Å²) in [6, 6.07) is 5.90. The van der Waals surface area contributed by atoms with Gasteiger partial charge in [0, 0.05) is 17.5 Å². The molecule has 1 heterocycles. The van der Waals surface area contributed by atoms with Crippen LogP contribution in [0.5, 0.6) is 0 Å². The average molecular weight is 218 g/mol. The van der Waals surface area contributed by atoms with Crippen LogP contribution >= 0.6 is 0 Å². The van der Waals surface area contributed by atoms with Gasteiger partial charge < -0.3 is 5.11 Å². The molecule has 2 aromatic rings. The molecule has 84 valence electrons. The van der Waals surface area contributed by atoms with Crippen molar-refractivity contribution < 1.29 is 9.90 Å². The first-order valence-electron chi connectivity index (χ1n) is 5.39. The Bertz CT molecular complexity index is 517. The largest absolute Gasteiger partial charge is 0.481 e. The first-order chi connectivity index (χ1) is 7.72. The molecule has 0 amide bonds. The third kappa shape index (κ3) is 1.91. The van der Waals surface area contributed by atoms with E-state index in [0.29, 0.717) is 6.42 Å². The monoisotopic (exact) mass is 218 g/mol. The number of aromatic nitrogens is 2. The number of nitrogens with one attached hydrogen (secondary N) is 1. The zero-order valence-electron chi connectivity index (χ0n) is 9.16. The molecular weight excluding hydrogens is 204 g/mol. The quantitative estimate of drug-likeness (QED) is 0.826. The normalized spacial score (nSPS) is 10.8. The van der Waals surface area contributed by atoms with E-state index >= 15 is 0 Å². The van der Waals surface area contributed by atoms with Gasteiger partial charge in [0.15, 0.2) is 0 Å². The van der Waals surface area contributed by atoms with Gasteiger partial charge in [0.25, 0.3) is 0 Å². The van der Waals surface area contributed by atoms with Crippen molar-refractivity contribution in [2.75, 3.05) is 0 Å². The van der Waals surface area contributed by atoms with Crippen molar-refractivity contribution in [2.45, 2.75) is 26.2 Å². The van der Waals surface area contributed by atoms with Crippen LogP contribution in [0.2, 0.25) is 0 Å². The molecule has 2 rings (SSSR count). The molecule has 0 bridgehead atoms. The van der Waals surface area contributed by atoms with Crippen molar-refractivity contribution in [1.29, 1.82) is 0 Å². The summed E-state index contributed by atoms with van der Waals surface area (Å²) >= 11 is 0. The second kappa shape index (κ2) is 4.35. The summed E-state index contributed by atoms with van der Waals surface area (Å²) < 4.78 is 0. The molecule has 4 nitrogen and oxygen atoms in total. The Hall–Kier alpha value is -1.84. The van der Waals surface area contributed by atoms with Gasteiger partial charge in [-0.15, -0.1) is 0 Å². The minimum atomic E-state index is -0.775. The highest BCUT2D eigenvalue weighted by molar-refractivity contribution is 5.84. The molecule has 0 saturated carbocycles. The van der Waals surface area contributed by atoms with E-state index in [9.17, 15) is 4.79 Å². The van der Waals surface area contributed by atoms with Gasteiger partial charge in [-0.2, -0.15) is 5.10 Å². The maximum atomic E-state index is 10.5. The summed E-state index contributed by atoms with van der Waals surface area (Å²) in [5, 5.41) is 17.0. The van der Waals surface area contributed by atoms with Crippen LogP contribution in [0.25, 0.3) is 10.9 Å². The van der Waals surface area contributed by atoms with Gasteiger partial charge in [0.05, 0.1) is 5.52 Å². The van der Waals surface area contributed by atoms with E-state index in [1.165, 1.54) is 0 Å². The van der Waals surface area contributed by atoms with Crippen molar-refractivity contribution in [1.82, 2.24) is 10.2 Å². The van der Waals surface area contributed by atoms with Crippen LogP contribution in [0, 0.1) is 0 Å². The van der Waals surface area contributed by atoms with E-state index in [4.69, 9.17) is 5.11 Å². The molecule has 16 heavy (non-hydrogen) atoms. The first kappa shape index (κ1) is 10.7. The fourth-order valence-electron chi connectivity index (χ4n) is 1.86. The summed E-state index contributed by atoms with van der Waals surface area (Å²) in [7, 11) is 0. The lowest BCUT2D eigenvalue weighted by Crippen LogP contribution is -1.97. The minimum absolute atomic E-state index is 0.146. The maximum Gasteiger partial charge on any atom is 0.303 e. The van der Waals surface area contributed by atoms with Crippen LogP contribution in [-0.2, 0) is 17.6 Å². The zero-order valence-corrected chi connectivity index (χ0v) is 9.16. The Morgan fingerprint density at radius 3 is 3.00 bits per heavy atom. The fourth-order valence-corrected chi connectivity index (χ4v) is 1.86. The Balaban J connectivity index is 2.38. The number of hydrogen-bond donors (Lipinski definition) is 2. The third-order valence-electron chi connectivity index (χ3n) is 2.71. The van der Waals surface area contributed by atoms with Crippen LogP contribution in [0.15, 0.2) is 18.2 Å². The molecule has 0 aliphatic carbocycles. The van der Waals surface area contributed by atoms with Crippen LogP contribution < -0.4 is 0 Å². The standard InChI is InChI=1S/C12H14N2O2/c1-2-10-9-5-3-4-8(6-7-11(15)16)12(9)14-13-10/h3-5H,2,6-7H2,1H3,(H,13,14)(H,15,16). The molecular formula is C12H14N2O2. The summed E-state index contributed by atoms with van der Waals surface area (Å²) in [4.78, 5) is 10.5. The number of benzene rings is 1. The van der Waals surface area contributed by atoms with Gasteiger partial charge >= 0.3 is 5.97 Å². The fraction of sp³-hybridized carbons (Fsp3) is 0.333. The topological polar surface area (TPSA) is 66.0 Å². The highest BCUT2D eigenvalue weighted by Crippen LogP contribution is 2.21. The predicted molar refractivity (Wildman–Crippen MR) is 61.4 cm³/mol. The molecule has 0 atom stereocenters. The number of fused-ring (bicyclic) bond motifs is 1. The van der Waals surface area contributed by atoms with Crippen LogP contribution in [0.4, 0.5) is 0 Å². The van der Waals surface area contributed by atoms with E-state index in [1.807, 2.05) is 18.2 Å². The van der Waals surface area contributed by atoms with Crippen LogP contribution in [0.3, 0.4) is 0 Å². The van der Waals surface area contributed by atoms with E-state index in [1.54, 1.807) is 0 Å². The second-order valence-corrected chi connectivity index (χ2v) is 3.76. The number of aryl methyl sites for hydroxylation is 2. The maximum absolute atomic E-state index is 10.5. The van der Waals surface area contributed by atoms with E-state index in [2.05, 4.69) is 17.1 Å². The Morgan fingerprint density at radius 2 is 2.31 bits per heavy atom. The molecule has 0 fully saturated rings. The van der Waals surface area contributed by atoms with Crippen molar-refractivity contribution >= 4 is 16.9 Å².